The molecule has 0 aliphatic heterocycles. The molecule has 0 heterocycles. The third-order valence-corrected chi connectivity index (χ3v) is 2.02. The second-order valence-corrected chi connectivity index (χ2v) is 4.11. The van der Waals surface area contributed by atoms with Crippen molar-refractivity contribution in [2.45, 2.75) is 52.5 Å². The maximum Gasteiger partial charge on any atom is 1.00 e. The summed E-state index contributed by atoms with van der Waals surface area (Å²) >= 11 is 0. The maximum absolute atomic E-state index is 11.3. The number of carbonyl (C=O) groups excluding carboxylic acids is 1. The molecular formula is C11H24NNaO2. The van der Waals surface area contributed by atoms with Crippen LogP contribution in [0, 0.1) is 5.92 Å². The average Bonchev–Trinajstić information content (AvgIpc) is 2.11. The predicted octanol–water partition coefficient (Wildman–Crippen LogP) is -0.790. The van der Waals surface area contributed by atoms with E-state index in [0.717, 1.165) is 19.3 Å². The zero-order valence-corrected chi connectivity index (χ0v) is 12.6. The molecule has 86 valence electrons. The van der Waals surface area contributed by atoms with E-state index in [2.05, 4.69) is 6.92 Å². The number of ether oxygens (including phenoxy) is 1. The van der Waals surface area contributed by atoms with Crippen molar-refractivity contribution >= 4 is 5.97 Å². The smallest absolute Gasteiger partial charge is 1.00 e. The Balaban J connectivity index is -0.000000845. The molecule has 0 saturated carbocycles. The summed E-state index contributed by atoms with van der Waals surface area (Å²) in [6.45, 7) is 6.72. The van der Waals surface area contributed by atoms with Gasteiger partial charge < -0.3 is 11.9 Å². The quantitative estimate of drug-likeness (QED) is 0.351. The fraction of sp³-hybridized carbons (Fsp3) is 0.909. The first-order chi connectivity index (χ1) is 6.57. The third-order valence-electron chi connectivity index (χ3n) is 2.02. The Morgan fingerprint density at radius 2 is 2.00 bits per heavy atom. The summed E-state index contributed by atoms with van der Waals surface area (Å²) in [6, 6.07) is -0.448. The summed E-state index contributed by atoms with van der Waals surface area (Å²) in [7, 11) is 0. The first kappa shape index (κ1) is 17.8. The van der Waals surface area contributed by atoms with Gasteiger partial charge in [0.15, 0.2) is 0 Å². The minimum Gasteiger partial charge on any atom is -1.00 e. The van der Waals surface area contributed by atoms with Crippen LogP contribution in [0.25, 0.3) is 0 Å². The van der Waals surface area contributed by atoms with Gasteiger partial charge in [-0.2, -0.15) is 0 Å². The number of hydrogen-bond donors (Lipinski definition) is 1. The van der Waals surface area contributed by atoms with Crippen LogP contribution in [-0.4, -0.2) is 18.6 Å². The van der Waals surface area contributed by atoms with Crippen LogP contribution >= 0.6 is 0 Å². The van der Waals surface area contributed by atoms with Gasteiger partial charge in [-0.15, -0.1) is 0 Å². The van der Waals surface area contributed by atoms with Crippen molar-refractivity contribution in [1.82, 2.24) is 0 Å². The molecule has 2 N–H and O–H groups in total. The van der Waals surface area contributed by atoms with Crippen LogP contribution in [0.2, 0.25) is 0 Å². The van der Waals surface area contributed by atoms with Crippen LogP contribution in [0.5, 0.6) is 0 Å². The van der Waals surface area contributed by atoms with Gasteiger partial charge in [-0.3, -0.25) is 4.79 Å². The average molecular weight is 225 g/mol. The summed E-state index contributed by atoms with van der Waals surface area (Å²) in [5, 5.41) is 0. The summed E-state index contributed by atoms with van der Waals surface area (Å²) in [5.41, 5.74) is 5.66. The fourth-order valence-corrected chi connectivity index (χ4v) is 1.24. The molecule has 0 fully saturated rings. The molecule has 0 aliphatic rings. The summed E-state index contributed by atoms with van der Waals surface area (Å²) in [4.78, 5) is 11.3. The molecule has 0 aromatic rings. The summed E-state index contributed by atoms with van der Waals surface area (Å²) < 4.78 is 5.04. The number of unbranched alkanes of at least 4 members (excludes halogenated alkanes) is 2. The molecule has 15 heavy (non-hydrogen) atoms. The Morgan fingerprint density at radius 3 is 2.47 bits per heavy atom. The summed E-state index contributed by atoms with van der Waals surface area (Å²) in [5.74, 6) is 0.183. The molecule has 0 aromatic carbocycles. The maximum atomic E-state index is 11.3. The predicted molar refractivity (Wildman–Crippen MR) is 59.0 cm³/mol. The Labute approximate surface area is 117 Å². The van der Waals surface area contributed by atoms with Crippen molar-refractivity contribution in [2.24, 2.45) is 11.7 Å². The third kappa shape index (κ3) is 10.7. The number of hydrogen-bond acceptors (Lipinski definition) is 3. The Bertz CT molecular complexity index is 168. The second-order valence-electron chi connectivity index (χ2n) is 4.11. The molecular weight excluding hydrogens is 201 g/mol. The first-order valence-corrected chi connectivity index (χ1v) is 5.50. The molecule has 0 radical (unpaired) electrons. The van der Waals surface area contributed by atoms with E-state index in [4.69, 9.17) is 10.5 Å². The van der Waals surface area contributed by atoms with Crippen LogP contribution in [0.3, 0.4) is 0 Å². The van der Waals surface area contributed by atoms with E-state index >= 15 is 0 Å². The number of rotatable bonds is 7. The Hall–Kier alpha value is 0.430. The zero-order valence-electron chi connectivity index (χ0n) is 11.6. The Kier molecular flexibility index (Phi) is 13.0. The van der Waals surface area contributed by atoms with E-state index in [1.165, 1.54) is 0 Å². The first-order valence-electron chi connectivity index (χ1n) is 5.50. The van der Waals surface area contributed by atoms with E-state index in [0.29, 0.717) is 18.9 Å². The molecule has 0 saturated heterocycles. The van der Waals surface area contributed by atoms with Crippen molar-refractivity contribution in [3.05, 3.63) is 0 Å². The molecule has 0 aromatic heterocycles. The van der Waals surface area contributed by atoms with Crippen LogP contribution in [0.15, 0.2) is 0 Å². The normalized spacial score (nSPS) is 12.1. The van der Waals surface area contributed by atoms with Crippen molar-refractivity contribution in [3.63, 3.8) is 0 Å². The van der Waals surface area contributed by atoms with Crippen LogP contribution in [-0.2, 0) is 9.53 Å². The standard InChI is InChI=1S/C11H23NO2.Na.H/c1-4-5-6-7-14-11(13)10(12)8-9(2)3;;/h9-10H,4-8,12H2,1-3H3;;/q;+1;-1/t10-;;/m0../s1. The van der Waals surface area contributed by atoms with Gasteiger partial charge in [0, 0.05) is 0 Å². The van der Waals surface area contributed by atoms with E-state index in [1.807, 2.05) is 13.8 Å². The van der Waals surface area contributed by atoms with Crippen molar-refractivity contribution in [3.8, 4) is 0 Å². The molecule has 1 atom stereocenters. The topological polar surface area (TPSA) is 52.3 Å². The van der Waals surface area contributed by atoms with Gasteiger partial charge in [0.2, 0.25) is 0 Å². The van der Waals surface area contributed by atoms with Crippen LogP contribution < -0.4 is 35.3 Å². The number of carbonyl (C=O) groups is 1. The zero-order chi connectivity index (χ0) is 11.0. The molecule has 0 amide bonds. The van der Waals surface area contributed by atoms with E-state index < -0.39 is 6.04 Å². The van der Waals surface area contributed by atoms with E-state index in [1.54, 1.807) is 0 Å². The van der Waals surface area contributed by atoms with Crippen molar-refractivity contribution in [1.29, 1.82) is 0 Å². The van der Waals surface area contributed by atoms with Gasteiger partial charge in [-0.25, -0.2) is 0 Å². The van der Waals surface area contributed by atoms with Crippen molar-refractivity contribution in [2.75, 3.05) is 6.61 Å². The molecule has 0 unspecified atom stereocenters. The Morgan fingerprint density at radius 1 is 1.40 bits per heavy atom. The number of nitrogens with two attached hydrogens (primary N) is 1. The van der Waals surface area contributed by atoms with Gasteiger partial charge in [0.05, 0.1) is 6.61 Å². The summed E-state index contributed by atoms with van der Waals surface area (Å²) in [6.07, 6.45) is 3.88. The van der Waals surface area contributed by atoms with Gasteiger partial charge in [0.1, 0.15) is 6.04 Å². The second kappa shape index (κ2) is 10.9. The fourth-order valence-electron chi connectivity index (χ4n) is 1.24. The van der Waals surface area contributed by atoms with Gasteiger partial charge in [-0.1, -0.05) is 33.6 Å². The minimum atomic E-state index is -0.448. The molecule has 0 aliphatic carbocycles. The van der Waals surface area contributed by atoms with Crippen molar-refractivity contribution < 1.29 is 40.5 Å². The molecule has 0 spiro atoms. The SMILES string of the molecule is CCCCCOC(=O)[C@@H](N)CC(C)C.[H-].[Na+]. The van der Waals surface area contributed by atoms with Gasteiger partial charge in [-0.05, 0) is 18.8 Å². The largest absolute Gasteiger partial charge is 1.00 e. The number of esters is 1. The molecule has 0 bridgehead atoms. The molecule has 4 heteroatoms. The molecule has 3 nitrogen and oxygen atoms in total. The monoisotopic (exact) mass is 225 g/mol. The van der Waals surface area contributed by atoms with E-state index in [9.17, 15) is 4.79 Å². The van der Waals surface area contributed by atoms with E-state index in [-0.39, 0.29) is 37.0 Å². The van der Waals surface area contributed by atoms with Gasteiger partial charge in [0.25, 0.3) is 0 Å². The minimum absolute atomic E-state index is 0. The van der Waals surface area contributed by atoms with Gasteiger partial charge >= 0.3 is 35.5 Å². The van der Waals surface area contributed by atoms with Crippen LogP contribution in [0.4, 0.5) is 0 Å². The molecule has 0 rings (SSSR count). The van der Waals surface area contributed by atoms with Crippen LogP contribution in [0.1, 0.15) is 47.9 Å².